The lowest BCUT2D eigenvalue weighted by Crippen LogP contribution is -2.06. The van der Waals surface area contributed by atoms with E-state index in [-0.39, 0.29) is 5.78 Å². The fourth-order valence-corrected chi connectivity index (χ4v) is 3.66. The number of Topliss-reactive ketones (excluding diaryl/α,β-unsaturated/α-hetero) is 1. The number of benzene rings is 3. The zero-order valence-corrected chi connectivity index (χ0v) is 16.2. The van der Waals surface area contributed by atoms with Crippen LogP contribution in [0.5, 0.6) is 5.75 Å². The van der Waals surface area contributed by atoms with Crippen LogP contribution in [0.1, 0.15) is 16.2 Å². The van der Waals surface area contributed by atoms with E-state index in [1.54, 1.807) is 0 Å². The van der Waals surface area contributed by atoms with Crippen LogP contribution in [0.15, 0.2) is 78.0 Å². The lowest BCUT2D eigenvalue weighted by atomic mass is 10.1. The molecule has 4 aromatic rings. The zero-order valence-electron chi connectivity index (χ0n) is 15.4. The van der Waals surface area contributed by atoms with Crippen LogP contribution < -0.4 is 4.74 Å². The van der Waals surface area contributed by atoms with Gasteiger partial charge in [0.25, 0.3) is 0 Å². The second-order valence-electron chi connectivity index (χ2n) is 6.33. The van der Waals surface area contributed by atoms with E-state index in [1.165, 1.54) is 17.1 Å². The van der Waals surface area contributed by atoms with Crippen LogP contribution in [0.4, 0.5) is 0 Å². The lowest BCUT2D eigenvalue weighted by Gasteiger charge is -2.07. The Morgan fingerprint density at radius 2 is 1.71 bits per heavy atom. The largest absolute Gasteiger partial charge is 0.486 e. The maximum Gasteiger partial charge on any atom is 0.191 e. The molecule has 6 heteroatoms. The van der Waals surface area contributed by atoms with Crippen molar-refractivity contribution in [2.75, 3.05) is 5.75 Å². The molecular formula is C22H19N3O2S. The summed E-state index contributed by atoms with van der Waals surface area (Å²) in [6, 6.07) is 23.4. The van der Waals surface area contributed by atoms with Crippen molar-refractivity contribution in [3.05, 3.63) is 84.2 Å². The van der Waals surface area contributed by atoms with Crippen LogP contribution in [-0.4, -0.2) is 26.3 Å². The summed E-state index contributed by atoms with van der Waals surface area (Å²) in [7, 11) is 1.88. The molecule has 0 N–H and O–H groups in total. The second kappa shape index (κ2) is 8.27. The first-order chi connectivity index (χ1) is 13.7. The van der Waals surface area contributed by atoms with Crippen LogP contribution in [-0.2, 0) is 13.7 Å². The van der Waals surface area contributed by atoms with Gasteiger partial charge in [-0.1, -0.05) is 72.4 Å². The first-order valence-electron chi connectivity index (χ1n) is 8.91. The minimum absolute atomic E-state index is 0.0718. The second-order valence-corrected chi connectivity index (χ2v) is 7.28. The predicted octanol–water partition coefficient (Wildman–Crippen LogP) is 4.52. The van der Waals surface area contributed by atoms with Gasteiger partial charge in [-0.15, -0.1) is 10.2 Å². The average Bonchev–Trinajstić information content (AvgIpc) is 3.10. The molecule has 0 amide bonds. The molecule has 0 aliphatic heterocycles. The summed E-state index contributed by atoms with van der Waals surface area (Å²) < 4.78 is 7.75. The van der Waals surface area contributed by atoms with E-state index in [1.807, 2.05) is 72.3 Å². The van der Waals surface area contributed by atoms with E-state index in [0.717, 1.165) is 11.1 Å². The Morgan fingerprint density at radius 1 is 0.964 bits per heavy atom. The monoisotopic (exact) mass is 389 g/mol. The molecule has 0 saturated carbocycles. The molecule has 1 aromatic heterocycles. The Bertz CT molecular complexity index is 1110. The molecule has 0 aliphatic carbocycles. The average molecular weight is 389 g/mol. The summed E-state index contributed by atoms with van der Waals surface area (Å²) >= 11 is 1.38. The van der Waals surface area contributed by atoms with Crippen LogP contribution in [0, 0.1) is 0 Å². The van der Waals surface area contributed by atoms with E-state index in [0.29, 0.717) is 28.9 Å². The normalized spacial score (nSPS) is 10.9. The number of nitrogens with zero attached hydrogens (tertiary/aromatic N) is 3. The molecule has 28 heavy (non-hydrogen) atoms. The maximum atomic E-state index is 12.3. The Labute approximate surface area is 167 Å². The summed E-state index contributed by atoms with van der Waals surface area (Å²) in [5.41, 5.74) is 0.706. The van der Waals surface area contributed by atoms with Crippen molar-refractivity contribution in [3.8, 4) is 5.75 Å². The molecule has 5 nitrogen and oxygen atoms in total. The Kier molecular flexibility index (Phi) is 5.39. The van der Waals surface area contributed by atoms with Crippen molar-refractivity contribution < 1.29 is 9.53 Å². The highest BCUT2D eigenvalue weighted by Crippen LogP contribution is 2.22. The van der Waals surface area contributed by atoms with Gasteiger partial charge in [-0.25, -0.2) is 0 Å². The van der Waals surface area contributed by atoms with Crippen LogP contribution in [0.25, 0.3) is 10.8 Å². The van der Waals surface area contributed by atoms with Crippen molar-refractivity contribution in [3.63, 3.8) is 0 Å². The predicted molar refractivity (Wildman–Crippen MR) is 111 cm³/mol. The smallest absolute Gasteiger partial charge is 0.191 e. The number of aromatic nitrogens is 3. The van der Waals surface area contributed by atoms with Gasteiger partial charge >= 0.3 is 0 Å². The Hall–Kier alpha value is -3.12. The van der Waals surface area contributed by atoms with Gasteiger partial charge in [0, 0.05) is 12.6 Å². The number of ketones is 1. The molecule has 4 rings (SSSR count). The molecule has 0 saturated heterocycles. The summed E-state index contributed by atoms with van der Waals surface area (Å²) in [5, 5.41) is 11.4. The molecule has 0 radical (unpaired) electrons. The highest BCUT2D eigenvalue weighted by molar-refractivity contribution is 7.99. The standard InChI is InChI=1S/C22H19N3O2S/c1-25-21(14-27-19-12-11-16-7-5-6-10-18(16)13-19)23-24-22(25)28-15-20(26)17-8-3-2-4-9-17/h2-13H,14-15H2,1H3. The van der Waals surface area contributed by atoms with E-state index >= 15 is 0 Å². The molecule has 0 bridgehead atoms. The summed E-state index contributed by atoms with van der Waals surface area (Å²) in [6.07, 6.45) is 0. The topological polar surface area (TPSA) is 57.0 Å². The number of rotatable bonds is 7. The van der Waals surface area contributed by atoms with Gasteiger partial charge in [-0.3, -0.25) is 4.79 Å². The van der Waals surface area contributed by atoms with E-state index < -0.39 is 0 Å². The van der Waals surface area contributed by atoms with Gasteiger partial charge < -0.3 is 9.30 Å². The number of carbonyl (C=O) groups excluding carboxylic acids is 1. The highest BCUT2D eigenvalue weighted by atomic mass is 32.2. The summed E-state index contributed by atoms with van der Waals surface area (Å²) in [6.45, 7) is 0.315. The number of fused-ring (bicyclic) bond motifs is 1. The molecule has 3 aromatic carbocycles. The quantitative estimate of drug-likeness (QED) is 0.343. The van der Waals surface area contributed by atoms with Crippen molar-refractivity contribution in [2.24, 2.45) is 7.05 Å². The number of ether oxygens (including phenoxy) is 1. The van der Waals surface area contributed by atoms with Crippen molar-refractivity contribution in [2.45, 2.75) is 11.8 Å². The van der Waals surface area contributed by atoms with Crippen LogP contribution in [0.3, 0.4) is 0 Å². The van der Waals surface area contributed by atoms with Gasteiger partial charge in [-0.2, -0.15) is 0 Å². The highest BCUT2D eigenvalue weighted by Gasteiger charge is 2.13. The van der Waals surface area contributed by atoms with E-state index in [9.17, 15) is 4.79 Å². The fourth-order valence-electron chi connectivity index (χ4n) is 2.84. The van der Waals surface area contributed by atoms with Crippen LogP contribution in [0.2, 0.25) is 0 Å². The first-order valence-corrected chi connectivity index (χ1v) is 9.90. The van der Waals surface area contributed by atoms with Gasteiger partial charge in [0.2, 0.25) is 0 Å². The van der Waals surface area contributed by atoms with Crippen molar-refractivity contribution in [1.29, 1.82) is 0 Å². The minimum atomic E-state index is 0.0718. The minimum Gasteiger partial charge on any atom is -0.486 e. The fraction of sp³-hybridized carbons (Fsp3) is 0.136. The number of thioether (sulfide) groups is 1. The molecule has 0 unspecified atom stereocenters. The lowest BCUT2D eigenvalue weighted by molar-refractivity contribution is 0.102. The third-order valence-corrected chi connectivity index (χ3v) is 5.46. The van der Waals surface area contributed by atoms with Gasteiger partial charge in [0.1, 0.15) is 12.4 Å². The van der Waals surface area contributed by atoms with Crippen molar-refractivity contribution in [1.82, 2.24) is 14.8 Å². The van der Waals surface area contributed by atoms with Gasteiger partial charge in [0.05, 0.1) is 5.75 Å². The first kappa shape index (κ1) is 18.3. The zero-order chi connectivity index (χ0) is 19.3. The van der Waals surface area contributed by atoms with Gasteiger partial charge in [-0.05, 0) is 22.9 Å². The summed E-state index contributed by atoms with van der Waals surface area (Å²) in [4.78, 5) is 12.3. The van der Waals surface area contributed by atoms with Crippen molar-refractivity contribution >= 4 is 28.3 Å². The molecule has 0 fully saturated rings. The summed E-state index contributed by atoms with van der Waals surface area (Å²) in [5.74, 6) is 1.89. The maximum absolute atomic E-state index is 12.3. The molecule has 1 heterocycles. The van der Waals surface area contributed by atoms with Gasteiger partial charge in [0.15, 0.2) is 16.8 Å². The third kappa shape index (κ3) is 4.07. The molecule has 0 spiro atoms. The molecular weight excluding hydrogens is 370 g/mol. The number of hydrogen-bond donors (Lipinski definition) is 0. The number of carbonyl (C=O) groups is 1. The van der Waals surface area contributed by atoms with E-state index in [2.05, 4.69) is 22.3 Å². The van der Waals surface area contributed by atoms with Crippen LogP contribution >= 0.6 is 11.8 Å². The molecule has 0 atom stereocenters. The third-order valence-electron chi connectivity index (χ3n) is 4.44. The molecule has 140 valence electrons. The van der Waals surface area contributed by atoms with E-state index in [4.69, 9.17) is 4.74 Å². The Balaban J connectivity index is 1.38. The Morgan fingerprint density at radius 3 is 2.54 bits per heavy atom. The SMILES string of the molecule is Cn1c(COc2ccc3ccccc3c2)nnc1SCC(=O)c1ccccc1. The number of hydrogen-bond acceptors (Lipinski definition) is 5. The molecule has 0 aliphatic rings.